The summed E-state index contributed by atoms with van der Waals surface area (Å²) in [6.45, 7) is 3.40. The van der Waals surface area contributed by atoms with E-state index in [1.165, 1.54) is 18.2 Å². The second kappa shape index (κ2) is 5.22. The van der Waals surface area contributed by atoms with E-state index in [1.54, 1.807) is 13.0 Å². The maximum atomic E-state index is 13.1. The Morgan fingerprint density at radius 1 is 1.21 bits per heavy atom. The SMILES string of the molecule is Cc1cc(NS(=O)(=O)c2cc(C)c(Br)s2)ccc1F. The second-order valence-corrected chi connectivity index (χ2v) is 8.37. The molecule has 0 saturated heterocycles. The molecule has 0 aliphatic rings. The number of anilines is 1. The highest BCUT2D eigenvalue weighted by Gasteiger charge is 2.18. The highest BCUT2D eigenvalue weighted by Crippen LogP contribution is 2.31. The maximum absolute atomic E-state index is 13.1. The van der Waals surface area contributed by atoms with Crippen molar-refractivity contribution in [3.05, 3.63) is 45.0 Å². The molecule has 0 spiro atoms. The standard InChI is InChI=1S/C12H11BrFNO2S2/c1-7-5-9(3-4-10(7)14)15-19(16,17)11-6-8(2)12(13)18-11/h3-6,15H,1-2H3. The predicted molar refractivity (Wildman–Crippen MR) is 78.7 cm³/mol. The summed E-state index contributed by atoms with van der Waals surface area (Å²) in [5.74, 6) is -0.363. The Morgan fingerprint density at radius 3 is 2.42 bits per heavy atom. The van der Waals surface area contributed by atoms with Gasteiger partial charge in [-0.3, -0.25) is 4.72 Å². The van der Waals surface area contributed by atoms with E-state index in [0.717, 1.165) is 20.7 Å². The molecule has 2 aromatic rings. The average molecular weight is 364 g/mol. The summed E-state index contributed by atoms with van der Waals surface area (Å²) in [6, 6.07) is 5.69. The lowest BCUT2D eigenvalue weighted by atomic mass is 10.2. The normalized spacial score (nSPS) is 11.6. The van der Waals surface area contributed by atoms with Crippen molar-refractivity contribution in [1.29, 1.82) is 0 Å². The monoisotopic (exact) mass is 363 g/mol. The molecule has 0 bridgehead atoms. The van der Waals surface area contributed by atoms with Crippen molar-refractivity contribution in [2.24, 2.45) is 0 Å². The molecule has 0 aliphatic heterocycles. The number of benzene rings is 1. The van der Waals surface area contributed by atoms with Crippen LogP contribution in [0.1, 0.15) is 11.1 Å². The van der Waals surface area contributed by atoms with Crippen molar-refractivity contribution in [2.45, 2.75) is 18.1 Å². The zero-order chi connectivity index (χ0) is 14.2. The average Bonchev–Trinajstić information content (AvgIpc) is 2.65. The predicted octanol–water partition coefficient (Wildman–Crippen LogP) is 4.07. The minimum Gasteiger partial charge on any atom is -0.279 e. The van der Waals surface area contributed by atoms with Crippen LogP contribution in [-0.4, -0.2) is 8.42 Å². The fourth-order valence-electron chi connectivity index (χ4n) is 1.48. The van der Waals surface area contributed by atoms with E-state index in [4.69, 9.17) is 0 Å². The fourth-order valence-corrected chi connectivity index (χ4v) is 4.75. The van der Waals surface area contributed by atoms with Crippen LogP contribution in [0, 0.1) is 19.7 Å². The summed E-state index contributed by atoms with van der Waals surface area (Å²) >= 11 is 4.43. The first-order chi connectivity index (χ1) is 8.79. The van der Waals surface area contributed by atoms with E-state index in [-0.39, 0.29) is 10.0 Å². The Labute approximate surface area is 123 Å². The minimum atomic E-state index is -3.63. The zero-order valence-electron chi connectivity index (χ0n) is 10.2. The zero-order valence-corrected chi connectivity index (χ0v) is 13.4. The van der Waals surface area contributed by atoms with Gasteiger partial charge in [-0.1, -0.05) is 0 Å². The molecule has 1 aromatic heterocycles. The lowest BCUT2D eigenvalue weighted by Crippen LogP contribution is -2.11. The summed E-state index contributed by atoms with van der Waals surface area (Å²) in [5, 5.41) is 0. The number of thiophene rings is 1. The lowest BCUT2D eigenvalue weighted by Gasteiger charge is -2.07. The van der Waals surface area contributed by atoms with Gasteiger partial charge in [-0.15, -0.1) is 11.3 Å². The van der Waals surface area contributed by atoms with Crippen LogP contribution >= 0.6 is 27.3 Å². The lowest BCUT2D eigenvalue weighted by molar-refractivity contribution is 0.602. The van der Waals surface area contributed by atoms with Crippen LogP contribution in [0.15, 0.2) is 32.3 Å². The van der Waals surface area contributed by atoms with Crippen molar-refractivity contribution in [3.8, 4) is 0 Å². The molecule has 0 unspecified atom stereocenters. The molecule has 0 fully saturated rings. The van der Waals surface area contributed by atoms with Gasteiger partial charge in [0.15, 0.2) is 0 Å². The van der Waals surface area contributed by atoms with Crippen LogP contribution in [0.2, 0.25) is 0 Å². The summed E-state index contributed by atoms with van der Waals surface area (Å²) in [7, 11) is -3.63. The number of halogens is 2. The Morgan fingerprint density at radius 2 is 1.89 bits per heavy atom. The Balaban J connectivity index is 2.33. The van der Waals surface area contributed by atoms with E-state index in [9.17, 15) is 12.8 Å². The number of nitrogens with one attached hydrogen (secondary N) is 1. The molecular formula is C12H11BrFNO2S2. The molecular weight excluding hydrogens is 353 g/mol. The Kier molecular flexibility index (Phi) is 3.98. The van der Waals surface area contributed by atoms with Crippen molar-refractivity contribution < 1.29 is 12.8 Å². The van der Waals surface area contributed by atoms with Gasteiger partial charge in [0.2, 0.25) is 0 Å². The maximum Gasteiger partial charge on any atom is 0.271 e. The topological polar surface area (TPSA) is 46.2 Å². The Hall–Kier alpha value is -0.920. The summed E-state index contributed by atoms with van der Waals surface area (Å²) in [5.41, 5.74) is 1.60. The molecule has 1 heterocycles. The third kappa shape index (κ3) is 3.16. The summed E-state index contributed by atoms with van der Waals surface area (Å²) < 4.78 is 40.9. The van der Waals surface area contributed by atoms with Crippen LogP contribution in [0.25, 0.3) is 0 Å². The van der Waals surface area contributed by atoms with Crippen molar-refractivity contribution in [1.82, 2.24) is 0 Å². The first-order valence-corrected chi connectivity index (χ1v) is 8.44. The van der Waals surface area contributed by atoms with Gasteiger partial charge in [0, 0.05) is 5.69 Å². The van der Waals surface area contributed by atoms with Gasteiger partial charge >= 0.3 is 0 Å². The van der Waals surface area contributed by atoms with Crippen molar-refractivity contribution in [2.75, 3.05) is 4.72 Å². The van der Waals surface area contributed by atoms with Crippen molar-refractivity contribution >= 4 is 43.0 Å². The van der Waals surface area contributed by atoms with Gasteiger partial charge in [0.1, 0.15) is 10.0 Å². The summed E-state index contributed by atoms with van der Waals surface area (Å²) in [4.78, 5) is 0. The number of hydrogen-bond acceptors (Lipinski definition) is 3. The molecule has 0 amide bonds. The van der Waals surface area contributed by atoms with Crippen molar-refractivity contribution in [3.63, 3.8) is 0 Å². The largest absolute Gasteiger partial charge is 0.279 e. The van der Waals surface area contributed by atoms with E-state index >= 15 is 0 Å². The third-order valence-electron chi connectivity index (χ3n) is 2.51. The highest BCUT2D eigenvalue weighted by atomic mass is 79.9. The van der Waals surface area contributed by atoms with Gasteiger partial charge in [-0.05, 0) is 65.2 Å². The quantitative estimate of drug-likeness (QED) is 0.893. The van der Waals surface area contributed by atoms with Crippen LogP contribution in [0.4, 0.5) is 10.1 Å². The molecule has 0 atom stereocenters. The fraction of sp³-hybridized carbons (Fsp3) is 0.167. The van der Waals surface area contributed by atoms with Gasteiger partial charge in [-0.2, -0.15) is 0 Å². The molecule has 102 valence electrons. The first kappa shape index (κ1) is 14.5. The molecule has 0 aliphatic carbocycles. The second-order valence-electron chi connectivity index (χ2n) is 4.09. The Bertz CT molecular complexity index is 706. The van der Waals surface area contributed by atoms with Gasteiger partial charge in [0.25, 0.3) is 10.0 Å². The molecule has 1 aromatic carbocycles. The molecule has 3 nitrogen and oxygen atoms in total. The third-order valence-corrected chi connectivity index (χ3v) is 6.50. The molecule has 2 rings (SSSR count). The molecule has 7 heteroatoms. The van der Waals surface area contributed by atoms with Gasteiger partial charge < -0.3 is 0 Å². The number of aryl methyl sites for hydroxylation is 2. The number of hydrogen-bond donors (Lipinski definition) is 1. The van der Waals surface area contributed by atoms with Crippen LogP contribution < -0.4 is 4.72 Å². The summed E-state index contributed by atoms with van der Waals surface area (Å²) in [6.07, 6.45) is 0. The molecule has 1 N–H and O–H groups in total. The van der Waals surface area contributed by atoms with Crippen LogP contribution in [-0.2, 0) is 10.0 Å². The number of rotatable bonds is 3. The highest BCUT2D eigenvalue weighted by molar-refractivity contribution is 9.11. The van der Waals surface area contributed by atoms with E-state index in [2.05, 4.69) is 20.7 Å². The number of sulfonamides is 1. The molecule has 0 saturated carbocycles. The first-order valence-electron chi connectivity index (χ1n) is 5.34. The molecule has 19 heavy (non-hydrogen) atoms. The van der Waals surface area contributed by atoms with Crippen LogP contribution in [0.5, 0.6) is 0 Å². The molecule has 0 radical (unpaired) electrons. The minimum absolute atomic E-state index is 0.221. The van der Waals surface area contributed by atoms with E-state index < -0.39 is 10.0 Å². The van der Waals surface area contributed by atoms with E-state index in [0.29, 0.717) is 11.3 Å². The van der Waals surface area contributed by atoms with E-state index in [1.807, 2.05) is 6.92 Å². The van der Waals surface area contributed by atoms with Gasteiger partial charge in [-0.25, -0.2) is 12.8 Å². The smallest absolute Gasteiger partial charge is 0.271 e. The van der Waals surface area contributed by atoms with Gasteiger partial charge in [0.05, 0.1) is 3.79 Å². The van der Waals surface area contributed by atoms with Crippen LogP contribution in [0.3, 0.4) is 0 Å².